The van der Waals surface area contributed by atoms with Crippen LogP contribution in [0.4, 0.5) is 0 Å². The molecule has 3 nitrogen and oxygen atoms in total. The van der Waals surface area contributed by atoms with Gasteiger partial charge in [0, 0.05) is 14.2 Å². The second-order valence-electron chi connectivity index (χ2n) is 2.87. The topological polar surface area (TPSA) is 38.7 Å². The van der Waals surface area contributed by atoms with Crippen molar-refractivity contribution in [1.29, 1.82) is 0 Å². The van der Waals surface area contributed by atoms with Crippen LogP contribution < -0.4 is 4.74 Å². The molecular formula is C11H18O3. The number of ether oxygens (including phenoxy) is 2. The number of methoxy groups -OCH3 is 2. The van der Waals surface area contributed by atoms with Crippen LogP contribution in [0.3, 0.4) is 0 Å². The predicted molar refractivity (Wildman–Crippen MR) is 56.6 cm³/mol. The van der Waals surface area contributed by atoms with Crippen molar-refractivity contribution in [3.63, 3.8) is 0 Å². The number of aliphatic hydroxyl groups excluding tert-OH is 1. The summed E-state index contributed by atoms with van der Waals surface area (Å²) in [6.45, 7) is 2.04. The summed E-state index contributed by atoms with van der Waals surface area (Å²) in [5.41, 5.74) is 1.97. The van der Waals surface area contributed by atoms with Crippen LogP contribution >= 0.6 is 0 Å². The molecule has 14 heavy (non-hydrogen) atoms. The first-order valence-corrected chi connectivity index (χ1v) is 4.34. The Morgan fingerprint density at radius 3 is 2.21 bits per heavy atom. The molecule has 1 aromatic carbocycles. The summed E-state index contributed by atoms with van der Waals surface area (Å²) in [7, 11) is 4.88. The Morgan fingerprint density at radius 2 is 1.79 bits per heavy atom. The van der Waals surface area contributed by atoms with Gasteiger partial charge in [-0.15, -0.1) is 0 Å². The Bertz CT molecular complexity index is 259. The maximum atomic E-state index is 8.79. The Labute approximate surface area is 85.3 Å². The third kappa shape index (κ3) is 4.25. The second kappa shape index (κ2) is 7.35. The minimum Gasteiger partial charge on any atom is -0.496 e. The molecule has 0 aliphatic heterocycles. The van der Waals surface area contributed by atoms with Crippen molar-refractivity contribution in [2.45, 2.75) is 13.5 Å². The van der Waals surface area contributed by atoms with Crippen molar-refractivity contribution in [2.75, 3.05) is 21.3 Å². The summed E-state index contributed by atoms with van der Waals surface area (Å²) in [6, 6.07) is 5.66. The van der Waals surface area contributed by atoms with Crippen LogP contribution in [0.25, 0.3) is 0 Å². The first kappa shape index (κ1) is 12.9. The smallest absolute Gasteiger partial charge is 0.122 e. The summed E-state index contributed by atoms with van der Waals surface area (Å²) in [5.74, 6) is 0.830. The van der Waals surface area contributed by atoms with Gasteiger partial charge in [-0.05, 0) is 24.1 Å². The van der Waals surface area contributed by atoms with Crippen molar-refractivity contribution >= 4 is 0 Å². The molecule has 0 aromatic heterocycles. The molecule has 0 radical (unpaired) electrons. The molecule has 1 aromatic rings. The highest BCUT2D eigenvalue weighted by Crippen LogP contribution is 2.18. The van der Waals surface area contributed by atoms with Crippen molar-refractivity contribution in [2.24, 2.45) is 0 Å². The van der Waals surface area contributed by atoms with Crippen LogP contribution in [0.2, 0.25) is 0 Å². The van der Waals surface area contributed by atoms with E-state index >= 15 is 0 Å². The molecule has 0 saturated heterocycles. The van der Waals surface area contributed by atoms with Gasteiger partial charge in [-0.1, -0.05) is 12.1 Å². The lowest BCUT2D eigenvalue weighted by Crippen LogP contribution is -1.89. The number of aryl methyl sites for hydroxylation is 1. The number of hydrogen-bond acceptors (Lipinski definition) is 3. The molecular weight excluding hydrogens is 180 g/mol. The number of hydrogen-bond donors (Lipinski definition) is 1. The van der Waals surface area contributed by atoms with E-state index in [0.29, 0.717) is 0 Å². The molecule has 1 rings (SSSR count). The Morgan fingerprint density at radius 1 is 1.21 bits per heavy atom. The fraction of sp³-hybridized carbons (Fsp3) is 0.455. The van der Waals surface area contributed by atoms with Gasteiger partial charge in [0.2, 0.25) is 0 Å². The van der Waals surface area contributed by atoms with Crippen LogP contribution in [-0.2, 0) is 11.3 Å². The Kier molecular flexibility index (Phi) is 6.80. The first-order valence-electron chi connectivity index (χ1n) is 4.34. The maximum Gasteiger partial charge on any atom is 0.122 e. The van der Waals surface area contributed by atoms with Gasteiger partial charge < -0.3 is 14.6 Å². The number of aliphatic hydroxyl groups is 1. The van der Waals surface area contributed by atoms with Gasteiger partial charge >= 0.3 is 0 Å². The molecule has 0 bridgehead atoms. The normalized spacial score (nSPS) is 8.93. The molecule has 0 heterocycles. The lowest BCUT2D eigenvalue weighted by Gasteiger charge is -2.05. The Hall–Kier alpha value is -1.06. The molecule has 1 N–H and O–H groups in total. The molecule has 0 atom stereocenters. The highest BCUT2D eigenvalue weighted by molar-refractivity contribution is 5.36. The van der Waals surface area contributed by atoms with Crippen LogP contribution in [0, 0.1) is 6.92 Å². The average molecular weight is 198 g/mol. The summed E-state index contributed by atoms with van der Waals surface area (Å²) < 4.78 is 9.33. The van der Waals surface area contributed by atoms with E-state index in [2.05, 4.69) is 4.74 Å². The summed E-state index contributed by atoms with van der Waals surface area (Å²) >= 11 is 0. The van der Waals surface area contributed by atoms with E-state index in [9.17, 15) is 0 Å². The van der Waals surface area contributed by atoms with E-state index in [1.807, 2.05) is 25.1 Å². The van der Waals surface area contributed by atoms with Crippen molar-refractivity contribution in [1.82, 2.24) is 0 Å². The van der Waals surface area contributed by atoms with Crippen LogP contribution in [0.15, 0.2) is 18.2 Å². The van der Waals surface area contributed by atoms with Crippen LogP contribution in [0.5, 0.6) is 5.75 Å². The van der Waals surface area contributed by atoms with Gasteiger partial charge in [-0.3, -0.25) is 0 Å². The van der Waals surface area contributed by atoms with Gasteiger partial charge in [0.15, 0.2) is 0 Å². The zero-order valence-electron chi connectivity index (χ0n) is 9.20. The number of benzene rings is 1. The minimum absolute atomic E-state index is 0.0661. The molecule has 0 spiro atoms. The maximum absolute atomic E-state index is 8.79. The quantitative estimate of drug-likeness (QED) is 0.787. The van der Waals surface area contributed by atoms with Crippen molar-refractivity contribution < 1.29 is 14.6 Å². The predicted octanol–water partition coefficient (Wildman–Crippen LogP) is 1.76. The zero-order valence-corrected chi connectivity index (χ0v) is 9.20. The van der Waals surface area contributed by atoms with Gasteiger partial charge in [0.25, 0.3) is 0 Å². The monoisotopic (exact) mass is 198 g/mol. The molecule has 0 aliphatic carbocycles. The molecule has 0 saturated carbocycles. The van der Waals surface area contributed by atoms with E-state index in [-0.39, 0.29) is 6.61 Å². The highest BCUT2D eigenvalue weighted by Gasteiger charge is 1.97. The molecule has 0 unspecified atom stereocenters. The van der Waals surface area contributed by atoms with Gasteiger partial charge in [0.05, 0.1) is 13.7 Å². The van der Waals surface area contributed by atoms with Crippen molar-refractivity contribution in [3.8, 4) is 5.75 Å². The van der Waals surface area contributed by atoms with E-state index in [0.717, 1.165) is 16.9 Å². The molecule has 0 amide bonds. The largest absolute Gasteiger partial charge is 0.496 e. The van der Waals surface area contributed by atoms with Gasteiger partial charge in [0.1, 0.15) is 5.75 Å². The average Bonchev–Trinajstić information content (AvgIpc) is 2.20. The van der Waals surface area contributed by atoms with E-state index in [1.165, 1.54) is 0 Å². The first-order chi connectivity index (χ1) is 6.69. The van der Waals surface area contributed by atoms with E-state index < -0.39 is 0 Å². The van der Waals surface area contributed by atoms with E-state index in [1.54, 1.807) is 21.3 Å². The standard InChI is InChI=1S/C9H12O2.C2H6O/c1-7-3-4-8(6-10)5-9(7)11-2;1-3-2/h3-5,10H,6H2,1-2H3;1-2H3. The lowest BCUT2D eigenvalue weighted by molar-refractivity contribution is 0.277. The third-order valence-electron chi connectivity index (χ3n) is 1.66. The van der Waals surface area contributed by atoms with Crippen LogP contribution in [0.1, 0.15) is 11.1 Å². The van der Waals surface area contributed by atoms with E-state index in [4.69, 9.17) is 9.84 Å². The summed E-state index contributed by atoms with van der Waals surface area (Å²) in [4.78, 5) is 0. The molecule has 80 valence electrons. The summed E-state index contributed by atoms with van der Waals surface area (Å²) in [5, 5.41) is 8.79. The van der Waals surface area contributed by atoms with Gasteiger partial charge in [-0.25, -0.2) is 0 Å². The van der Waals surface area contributed by atoms with Crippen LogP contribution in [-0.4, -0.2) is 26.4 Å². The molecule has 3 heteroatoms. The SMILES string of the molecule is COC.COc1cc(CO)ccc1C. The highest BCUT2D eigenvalue weighted by atomic mass is 16.5. The zero-order chi connectivity index (χ0) is 11.0. The number of rotatable bonds is 2. The molecule has 0 fully saturated rings. The van der Waals surface area contributed by atoms with Gasteiger partial charge in [-0.2, -0.15) is 0 Å². The fourth-order valence-electron chi connectivity index (χ4n) is 0.963. The second-order valence-corrected chi connectivity index (χ2v) is 2.87. The molecule has 0 aliphatic rings. The summed E-state index contributed by atoms with van der Waals surface area (Å²) in [6.07, 6.45) is 0. The third-order valence-corrected chi connectivity index (χ3v) is 1.66. The van der Waals surface area contributed by atoms with Crippen molar-refractivity contribution in [3.05, 3.63) is 29.3 Å². The Balaban J connectivity index is 0.000000500. The lowest BCUT2D eigenvalue weighted by atomic mass is 10.1. The fourth-order valence-corrected chi connectivity index (χ4v) is 0.963. The minimum atomic E-state index is 0.0661.